The van der Waals surface area contributed by atoms with Crippen molar-refractivity contribution in [2.75, 3.05) is 13.2 Å². The predicted molar refractivity (Wildman–Crippen MR) is 91.2 cm³/mol. The molecule has 1 aliphatic heterocycles. The highest BCUT2D eigenvalue weighted by Crippen LogP contribution is 2.23. The van der Waals surface area contributed by atoms with E-state index in [9.17, 15) is 14.7 Å². The van der Waals surface area contributed by atoms with Crippen molar-refractivity contribution in [3.8, 4) is 5.69 Å². The van der Waals surface area contributed by atoms with Crippen molar-refractivity contribution in [1.29, 1.82) is 0 Å². The summed E-state index contributed by atoms with van der Waals surface area (Å²) in [6.07, 6.45) is 1.89. The summed E-state index contributed by atoms with van der Waals surface area (Å²) in [5.41, 5.74) is 0.349. The molecular weight excluding hydrogens is 346 g/mol. The Morgan fingerprint density at radius 2 is 2.08 bits per heavy atom. The van der Waals surface area contributed by atoms with Crippen molar-refractivity contribution in [1.82, 2.24) is 15.1 Å². The topological polar surface area (TPSA) is 93.5 Å². The van der Waals surface area contributed by atoms with Crippen LogP contribution in [0.15, 0.2) is 30.5 Å². The summed E-state index contributed by atoms with van der Waals surface area (Å²) in [6.45, 7) is 2.35. The third kappa shape index (κ3) is 3.38. The van der Waals surface area contributed by atoms with Gasteiger partial charge in [-0.3, -0.25) is 4.79 Å². The molecule has 0 unspecified atom stereocenters. The van der Waals surface area contributed by atoms with Crippen LogP contribution in [0.25, 0.3) is 5.69 Å². The number of rotatable bonds is 4. The van der Waals surface area contributed by atoms with E-state index in [4.69, 9.17) is 16.3 Å². The Hall–Kier alpha value is -2.38. The minimum absolute atomic E-state index is 0.232. The zero-order valence-electron chi connectivity index (χ0n) is 13.7. The predicted octanol–water partition coefficient (Wildman–Crippen LogP) is 2.20. The van der Waals surface area contributed by atoms with E-state index >= 15 is 0 Å². The molecule has 7 nitrogen and oxygen atoms in total. The number of amides is 1. The Kier molecular flexibility index (Phi) is 4.78. The number of nitrogens with zero attached hydrogens (tertiary/aromatic N) is 2. The van der Waals surface area contributed by atoms with Crippen LogP contribution in [-0.2, 0) is 9.53 Å². The summed E-state index contributed by atoms with van der Waals surface area (Å²) < 4.78 is 6.81. The molecule has 1 aromatic carbocycles. The van der Waals surface area contributed by atoms with Crippen LogP contribution in [0.1, 0.15) is 28.9 Å². The molecule has 25 heavy (non-hydrogen) atoms. The van der Waals surface area contributed by atoms with Crippen LogP contribution in [0.3, 0.4) is 0 Å². The molecule has 132 valence electrons. The number of halogens is 1. The van der Waals surface area contributed by atoms with Gasteiger partial charge in [-0.25, -0.2) is 9.48 Å². The molecule has 1 aliphatic rings. The fourth-order valence-corrected chi connectivity index (χ4v) is 3.08. The van der Waals surface area contributed by atoms with Gasteiger partial charge in [0.25, 0.3) is 5.91 Å². The number of hydrogen-bond acceptors (Lipinski definition) is 4. The van der Waals surface area contributed by atoms with Gasteiger partial charge in [0, 0.05) is 31.1 Å². The molecule has 2 aromatic rings. The van der Waals surface area contributed by atoms with Crippen molar-refractivity contribution in [2.24, 2.45) is 0 Å². The largest absolute Gasteiger partial charge is 0.480 e. The molecule has 0 aliphatic carbocycles. The number of hydrogen-bond donors (Lipinski definition) is 2. The first-order valence-electron chi connectivity index (χ1n) is 7.87. The zero-order chi connectivity index (χ0) is 18.0. The number of carbonyl (C=O) groups is 2. The van der Waals surface area contributed by atoms with Crippen LogP contribution in [0, 0.1) is 6.92 Å². The van der Waals surface area contributed by atoms with Gasteiger partial charge in [-0.1, -0.05) is 17.7 Å². The van der Waals surface area contributed by atoms with E-state index in [1.54, 1.807) is 29.8 Å². The van der Waals surface area contributed by atoms with E-state index in [1.165, 1.54) is 6.20 Å². The van der Waals surface area contributed by atoms with Gasteiger partial charge in [0.1, 0.15) is 5.54 Å². The first-order chi connectivity index (χ1) is 11.9. The first-order valence-corrected chi connectivity index (χ1v) is 8.25. The van der Waals surface area contributed by atoms with Crippen LogP contribution in [0.2, 0.25) is 5.02 Å². The summed E-state index contributed by atoms with van der Waals surface area (Å²) in [5.74, 6) is -1.51. The number of carboxylic acid groups (broad SMARTS) is 1. The van der Waals surface area contributed by atoms with Crippen molar-refractivity contribution < 1.29 is 19.4 Å². The minimum Gasteiger partial charge on any atom is -0.480 e. The highest BCUT2D eigenvalue weighted by molar-refractivity contribution is 6.30. The van der Waals surface area contributed by atoms with Gasteiger partial charge in [0.2, 0.25) is 0 Å². The average Bonchev–Trinajstić information content (AvgIpc) is 2.97. The molecule has 1 fully saturated rings. The van der Waals surface area contributed by atoms with Gasteiger partial charge in [0.05, 0.1) is 23.1 Å². The molecule has 3 rings (SSSR count). The van der Waals surface area contributed by atoms with Gasteiger partial charge in [-0.05, 0) is 25.1 Å². The summed E-state index contributed by atoms with van der Waals surface area (Å²) in [6, 6.07) is 7.10. The van der Waals surface area contributed by atoms with E-state index in [0.29, 0.717) is 29.5 Å². The number of carboxylic acids is 1. The second-order valence-electron chi connectivity index (χ2n) is 5.99. The van der Waals surface area contributed by atoms with Crippen molar-refractivity contribution in [3.63, 3.8) is 0 Å². The van der Waals surface area contributed by atoms with E-state index in [0.717, 1.165) is 5.69 Å². The highest BCUT2D eigenvalue weighted by Gasteiger charge is 2.42. The van der Waals surface area contributed by atoms with Crippen LogP contribution in [0.5, 0.6) is 0 Å². The van der Waals surface area contributed by atoms with E-state index in [2.05, 4.69) is 10.4 Å². The molecule has 2 heterocycles. The zero-order valence-corrected chi connectivity index (χ0v) is 14.4. The second-order valence-corrected chi connectivity index (χ2v) is 6.43. The third-order valence-electron chi connectivity index (χ3n) is 4.42. The van der Waals surface area contributed by atoms with Crippen LogP contribution >= 0.6 is 11.6 Å². The smallest absolute Gasteiger partial charge is 0.329 e. The summed E-state index contributed by atoms with van der Waals surface area (Å²) in [7, 11) is 0. The molecule has 1 saturated heterocycles. The lowest BCUT2D eigenvalue weighted by atomic mass is 9.89. The number of aliphatic carboxylic acids is 1. The fraction of sp³-hybridized carbons (Fsp3) is 0.353. The third-order valence-corrected chi connectivity index (χ3v) is 4.65. The standard InChI is InChI=1S/C17H18ClN3O4/c1-11-14(10-19-21(11)13-4-2-3-12(18)9-13)15(22)20-17(16(23)24)5-7-25-8-6-17/h2-4,9-10H,5-8H2,1H3,(H,20,22)(H,23,24). The number of nitrogens with one attached hydrogen (secondary N) is 1. The molecule has 0 bridgehead atoms. The maximum Gasteiger partial charge on any atom is 0.329 e. The van der Waals surface area contributed by atoms with E-state index in [1.807, 2.05) is 6.07 Å². The lowest BCUT2D eigenvalue weighted by Crippen LogP contribution is -2.57. The molecule has 0 radical (unpaired) electrons. The molecule has 1 amide bonds. The van der Waals surface area contributed by atoms with Crippen LogP contribution < -0.4 is 5.32 Å². The molecule has 8 heteroatoms. The van der Waals surface area contributed by atoms with Gasteiger partial charge in [-0.2, -0.15) is 5.10 Å². The average molecular weight is 364 g/mol. The van der Waals surface area contributed by atoms with Gasteiger partial charge in [-0.15, -0.1) is 0 Å². The van der Waals surface area contributed by atoms with Gasteiger partial charge in [0.15, 0.2) is 0 Å². The number of aromatic nitrogens is 2. The SMILES string of the molecule is Cc1c(C(=O)NC2(C(=O)O)CCOCC2)cnn1-c1cccc(Cl)c1. The second kappa shape index (κ2) is 6.85. The first kappa shape index (κ1) is 17.4. The van der Waals surface area contributed by atoms with Crippen LogP contribution in [0.4, 0.5) is 0 Å². The lowest BCUT2D eigenvalue weighted by molar-refractivity contribution is -0.148. The Bertz CT molecular complexity index is 812. The van der Waals surface area contributed by atoms with Gasteiger partial charge >= 0.3 is 5.97 Å². The van der Waals surface area contributed by atoms with Crippen molar-refractivity contribution in [3.05, 3.63) is 46.7 Å². The molecule has 0 saturated carbocycles. The molecular formula is C17H18ClN3O4. The number of benzene rings is 1. The maximum atomic E-state index is 12.7. The Labute approximate surface area is 149 Å². The van der Waals surface area contributed by atoms with E-state index < -0.39 is 17.4 Å². The highest BCUT2D eigenvalue weighted by atomic mass is 35.5. The Morgan fingerprint density at radius 1 is 1.36 bits per heavy atom. The Balaban J connectivity index is 1.87. The van der Waals surface area contributed by atoms with Crippen LogP contribution in [-0.4, -0.2) is 45.5 Å². The quantitative estimate of drug-likeness (QED) is 0.868. The van der Waals surface area contributed by atoms with Crippen molar-refractivity contribution in [2.45, 2.75) is 25.3 Å². The molecule has 0 atom stereocenters. The monoisotopic (exact) mass is 363 g/mol. The summed E-state index contributed by atoms with van der Waals surface area (Å²) in [4.78, 5) is 24.3. The van der Waals surface area contributed by atoms with Crippen molar-refractivity contribution >= 4 is 23.5 Å². The van der Waals surface area contributed by atoms with Gasteiger partial charge < -0.3 is 15.2 Å². The minimum atomic E-state index is -1.31. The molecule has 1 aromatic heterocycles. The fourth-order valence-electron chi connectivity index (χ4n) is 2.90. The van der Waals surface area contributed by atoms with E-state index in [-0.39, 0.29) is 12.8 Å². The molecule has 0 spiro atoms. The lowest BCUT2D eigenvalue weighted by Gasteiger charge is -2.33. The normalized spacial score (nSPS) is 16.4. The summed E-state index contributed by atoms with van der Waals surface area (Å²) >= 11 is 6.00. The number of ether oxygens (including phenoxy) is 1. The number of carbonyl (C=O) groups excluding carboxylic acids is 1. The maximum absolute atomic E-state index is 12.7. The summed E-state index contributed by atoms with van der Waals surface area (Å²) in [5, 5.41) is 17.0. The Morgan fingerprint density at radius 3 is 2.72 bits per heavy atom. The molecule has 2 N–H and O–H groups in total.